The summed E-state index contributed by atoms with van der Waals surface area (Å²) in [6.45, 7) is 2.26. The van der Waals surface area contributed by atoms with Gasteiger partial charge in [0.05, 0.1) is 20.8 Å². The first kappa shape index (κ1) is 25.0. The van der Waals surface area contributed by atoms with Gasteiger partial charge in [-0.2, -0.15) is 0 Å². The van der Waals surface area contributed by atoms with Gasteiger partial charge in [0.15, 0.2) is 11.5 Å². The third kappa shape index (κ3) is 5.49. The molecule has 182 valence electrons. The fraction of sp³-hybridized carbons (Fsp3) is 0.640. The van der Waals surface area contributed by atoms with E-state index in [4.69, 9.17) is 14.2 Å². The fourth-order valence-corrected chi connectivity index (χ4v) is 4.80. The molecule has 1 saturated carbocycles. The minimum Gasteiger partial charge on any atom is -0.493 e. The summed E-state index contributed by atoms with van der Waals surface area (Å²) < 4.78 is 16.0. The molecule has 0 radical (unpaired) electrons. The molecule has 3 atom stereocenters. The van der Waals surface area contributed by atoms with Crippen molar-refractivity contribution in [1.82, 2.24) is 4.90 Å². The van der Waals surface area contributed by atoms with E-state index in [2.05, 4.69) is 0 Å². The lowest BCUT2D eigenvalue weighted by Gasteiger charge is -2.39. The van der Waals surface area contributed by atoms with Crippen LogP contribution in [0.2, 0.25) is 0 Å². The molecular weight excluding hydrogens is 426 g/mol. The van der Waals surface area contributed by atoms with Crippen molar-refractivity contribution < 1.29 is 33.7 Å². The zero-order chi connectivity index (χ0) is 24.0. The van der Waals surface area contributed by atoms with E-state index in [-0.39, 0.29) is 18.9 Å². The summed E-state index contributed by atoms with van der Waals surface area (Å²) in [7, 11) is 3.12. The topological polar surface area (TPSA) is 102 Å². The molecule has 3 rings (SSSR count). The number of ether oxygens (including phenoxy) is 3. The standard InChI is InChI=1S/C25H35NO7/c1-17-8-4-6-13-25(17,30)22(27)23(28)26-14-7-5-9-19(26)24(29)33-15-12-18-10-11-20(31-2)21(16-18)32-3/h10-11,16-17,19,30H,4-9,12-15H2,1-3H3/t17-,19?,25+/m1/s1. The van der Waals surface area contributed by atoms with E-state index in [0.29, 0.717) is 50.1 Å². The van der Waals surface area contributed by atoms with Gasteiger partial charge < -0.3 is 24.2 Å². The van der Waals surface area contributed by atoms with Crippen LogP contribution >= 0.6 is 0 Å². The average molecular weight is 462 g/mol. The molecule has 2 aliphatic rings. The summed E-state index contributed by atoms with van der Waals surface area (Å²) in [4.78, 5) is 40.2. The van der Waals surface area contributed by atoms with E-state index < -0.39 is 29.3 Å². The molecule has 2 fully saturated rings. The van der Waals surface area contributed by atoms with Gasteiger partial charge in [0.25, 0.3) is 11.7 Å². The maximum atomic E-state index is 13.1. The van der Waals surface area contributed by atoms with Gasteiger partial charge in [-0.1, -0.05) is 25.8 Å². The minimum atomic E-state index is -1.64. The molecule has 1 saturated heterocycles. The maximum absolute atomic E-state index is 13.1. The average Bonchev–Trinajstić information content (AvgIpc) is 2.84. The number of benzene rings is 1. The number of nitrogens with zero attached hydrogens (tertiary/aromatic N) is 1. The number of carbonyl (C=O) groups is 3. The number of likely N-dealkylation sites (tertiary alicyclic amines) is 1. The highest BCUT2D eigenvalue weighted by Crippen LogP contribution is 2.35. The first-order valence-electron chi connectivity index (χ1n) is 11.8. The summed E-state index contributed by atoms with van der Waals surface area (Å²) >= 11 is 0. The molecule has 1 aromatic carbocycles. The Labute approximate surface area is 195 Å². The Kier molecular flexibility index (Phi) is 8.35. The summed E-state index contributed by atoms with van der Waals surface area (Å²) in [6, 6.07) is 4.69. The maximum Gasteiger partial charge on any atom is 0.328 e. The molecule has 0 spiro atoms. The summed E-state index contributed by atoms with van der Waals surface area (Å²) in [5.41, 5.74) is -0.727. The van der Waals surface area contributed by atoms with Crippen LogP contribution in [0.4, 0.5) is 0 Å². The summed E-state index contributed by atoms with van der Waals surface area (Å²) in [5.74, 6) is -1.14. The number of hydrogen-bond donors (Lipinski definition) is 1. The number of piperidine rings is 1. The zero-order valence-electron chi connectivity index (χ0n) is 19.8. The van der Waals surface area contributed by atoms with Gasteiger partial charge >= 0.3 is 5.97 Å². The lowest BCUT2D eigenvalue weighted by atomic mass is 9.73. The first-order valence-corrected chi connectivity index (χ1v) is 11.8. The summed E-state index contributed by atoms with van der Waals surface area (Å²) in [5, 5.41) is 10.9. The van der Waals surface area contributed by atoms with Crippen molar-refractivity contribution in [1.29, 1.82) is 0 Å². The van der Waals surface area contributed by atoms with Crippen molar-refractivity contribution >= 4 is 17.7 Å². The SMILES string of the molecule is COc1ccc(CCOC(=O)C2CCCCN2C(=O)C(=O)[C@]2(O)CCCC[C@H]2C)cc1OC. The highest BCUT2D eigenvalue weighted by Gasteiger charge is 2.48. The predicted octanol–water partition coefficient (Wildman–Crippen LogP) is 2.68. The molecule has 33 heavy (non-hydrogen) atoms. The Bertz CT molecular complexity index is 870. The highest BCUT2D eigenvalue weighted by molar-refractivity contribution is 6.39. The Balaban J connectivity index is 1.61. The van der Waals surface area contributed by atoms with Gasteiger partial charge in [0.1, 0.15) is 11.6 Å². The number of aliphatic hydroxyl groups is 1. The lowest BCUT2D eigenvalue weighted by molar-refractivity contribution is -0.167. The number of methoxy groups -OCH3 is 2. The number of carbonyl (C=O) groups excluding carboxylic acids is 3. The van der Waals surface area contributed by atoms with Crippen molar-refractivity contribution in [3.8, 4) is 11.5 Å². The third-order valence-electron chi connectivity index (χ3n) is 6.97. The highest BCUT2D eigenvalue weighted by atomic mass is 16.5. The van der Waals surface area contributed by atoms with Crippen molar-refractivity contribution in [3.05, 3.63) is 23.8 Å². The van der Waals surface area contributed by atoms with Gasteiger partial charge in [-0.25, -0.2) is 4.79 Å². The van der Waals surface area contributed by atoms with E-state index in [1.165, 1.54) is 4.90 Å². The van der Waals surface area contributed by atoms with Crippen LogP contribution < -0.4 is 9.47 Å². The third-order valence-corrected chi connectivity index (χ3v) is 6.97. The lowest BCUT2D eigenvalue weighted by Crippen LogP contribution is -2.58. The number of rotatable bonds is 8. The first-order chi connectivity index (χ1) is 15.8. The molecule has 8 nitrogen and oxygen atoms in total. The van der Waals surface area contributed by atoms with E-state index in [9.17, 15) is 19.5 Å². The smallest absolute Gasteiger partial charge is 0.328 e. The molecule has 1 aliphatic heterocycles. The van der Waals surface area contributed by atoms with Crippen LogP contribution in [0.15, 0.2) is 18.2 Å². The van der Waals surface area contributed by atoms with Gasteiger partial charge in [-0.3, -0.25) is 9.59 Å². The molecule has 1 unspecified atom stereocenters. The van der Waals surface area contributed by atoms with Crippen LogP contribution in [0.5, 0.6) is 11.5 Å². The van der Waals surface area contributed by atoms with Crippen molar-refractivity contribution in [2.45, 2.75) is 69.9 Å². The zero-order valence-corrected chi connectivity index (χ0v) is 19.8. The molecule has 8 heteroatoms. The van der Waals surface area contributed by atoms with Crippen LogP contribution in [0.25, 0.3) is 0 Å². The van der Waals surface area contributed by atoms with E-state index in [1.54, 1.807) is 27.2 Å². The van der Waals surface area contributed by atoms with Gasteiger partial charge in [-0.15, -0.1) is 0 Å². The quantitative estimate of drug-likeness (QED) is 0.469. The monoisotopic (exact) mass is 461 g/mol. The van der Waals surface area contributed by atoms with E-state index in [1.807, 2.05) is 12.1 Å². The molecular formula is C25H35NO7. The van der Waals surface area contributed by atoms with Gasteiger partial charge in [0, 0.05) is 13.0 Å². The second-order valence-corrected chi connectivity index (χ2v) is 9.02. The Hall–Kier alpha value is -2.61. The van der Waals surface area contributed by atoms with Crippen LogP contribution in [0.3, 0.4) is 0 Å². The van der Waals surface area contributed by atoms with E-state index in [0.717, 1.165) is 18.4 Å². The predicted molar refractivity (Wildman–Crippen MR) is 121 cm³/mol. The Morgan fingerprint density at radius 3 is 2.48 bits per heavy atom. The molecule has 1 N–H and O–H groups in total. The Morgan fingerprint density at radius 2 is 1.79 bits per heavy atom. The molecule has 1 heterocycles. The number of esters is 1. The van der Waals surface area contributed by atoms with Crippen LogP contribution in [-0.2, 0) is 25.5 Å². The van der Waals surface area contributed by atoms with Gasteiger partial charge in [0.2, 0.25) is 0 Å². The van der Waals surface area contributed by atoms with Crippen LogP contribution in [0.1, 0.15) is 57.4 Å². The molecule has 0 bridgehead atoms. The second-order valence-electron chi connectivity index (χ2n) is 9.02. The number of amides is 1. The van der Waals surface area contributed by atoms with Crippen molar-refractivity contribution in [3.63, 3.8) is 0 Å². The summed E-state index contributed by atoms with van der Waals surface area (Å²) in [6.07, 6.45) is 5.04. The minimum absolute atomic E-state index is 0.141. The van der Waals surface area contributed by atoms with Crippen LogP contribution in [-0.4, -0.2) is 66.7 Å². The number of ketones is 1. The fourth-order valence-electron chi connectivity index (χ4n) is 4.80. The van der Waals surface area contributed by atoms with Gasteiger partial charge in [-0.05, 0) is 55.7 Å². The van der Waals surface area contributed by atoms with E-state index >= 15 is 0 Å². The molecule has 1 aromatic rings. The van der Waals surface area contributed by atoms with Crippen molar-refractivity contribution in [2.24, 2.45) is 5.92 Å². The molecule has 0 aromatic heterocycles. The number of hydrogen-bond acceptors (Lipinski definition) is 7. The van der Waals surface area contributed by atoms with Crippen molar-refractivity contribution in [2.75, 3.05) is 27.4 Å². The molecule has 1 aliphatic carbocycles. The Morgan fingerprint density at radius 1 is 1.06 bits per heavy atom. The molecule has 1 amide bonds. The normalized spacial score (nSPS) is 25.3. The number of Topliss-reactive ketones (excluding diaryl/α,β-unsaturated/α-hetero) is 1. The largest absolute Gasteiger partial charge is 0.493 e. The van der Waals surface area contributed by atoms with Crippen LogP contribution in [0, 0.1) is 5.92 Å². The second kappa shape index (κ2) is 11.0.